The molecule has 16 heteroatoms. The number of aliphatic hydroxyl groups is 4. The van der Waals surface area contributed by atoms with Crippen molar-refractivity contribution in [1.29, 1.82) is 0 Å². The minimum Gasteiger partial charge on any atom is -0.396 e. The number of aliphatic hydroxyl groups excluding tert-OH is 4. The molecule has 54 heavy (non-hydrogen) atoms. The highest BCUT2D eigenvalue weighted by Gasteiger charge is 2.25. The molecule has 1 aromatic carbocycles. The maximum atomic E-state index is 10.1. The van der Waals surface area contributed by atoms with Crippen LogP contribution in [-0.2, 0) is 6.42 Å². The summed E-state index contributed by atoms with van der Waals surface area (Å²) in [4.78, 5) is 33.5. The third-order valence-corrected chi connectivity index (χ3v) is 11.1. The summed E-state index contributed by atoms with van der Waals surface area (Å²) in [7, 11) is 4.31. The predicted molar refractivity (Wildman–Crippen MR) is 215 cm³/mol. The lowest BCUT2D eigenvalue weighted by molar-refractivity contribution is 0.0822. The monoisotopic (exact) mass is 757 g/mol. The number of rotatable bonds is 16. The van der Waals surface area contributed by atoms with Gasteiger partial charge in [-0.3, -0.25) is 19.6 Å². The molecule has 5 rings (SSSR count). The van der Waals surface area contributed by atoms with Crippen LogP contribution in [0.25, 0.3) is 0 Å². The third kappa shape index (κ3) is 13.5. The second-order valence-electron chi connectivity index (χ2n) is 15.1. The van der Waals surface area contributed by atoms with Crippen LogP contribution in [0.3, 0.4) is 0 Å². The van der Waals surface area contributed by atoms with Crippen LogP contribution in [-0.4, -0.2) is 236 Å². The predicted octanol–water partition coefficient (Wildman–Crippen LogP) is -0.999. The van der Waals surface area contributed by atoms with Gasteiger partial charge in [0.05, 0.1) is 19.8 Å². The van der Waals surface area contributed by atoms with E-state index in [1.54, 1.807) is 0 Å². The number of likely N-dealkylation sites (N-methyl/N-ethyl adjacent to an activating group) is 2. The Bertz CT molecular complexity index is 1330. The molecule has 0 amide bonds. The molecule has 0 saturated carbocycles. The van der Waals surface area contributed by atoms with Gasteiger partial charge in [-0.25, -0.2) is 0 Å². The van der Waals surface area contributed by atoms with Gasteiger partial charge in [0, 0.05) is 136 Å². The van der Waals surface area contributed by atoms with E-state index < -0.39 is 0 Å². The van der Waals surface area contributed by atoms with E-state index in [-0.39, 0.29) is 32.5 Å². The minimum atomic E-state index is 0.0949. The summed E-state index contributed by atoms with van der Waals surface area (Å²) in [5.41, 5.74) is 2.13. The Labute approximate surface area is 323 Å². The first-order valence-corrected chi connectivity index (χ1v) is 20.2. The molecule has 1 aromatic heterocycles. The fourth-order valence-corrected chi connectivity index (χ4v) is 7.63. The smallest absolute Gasteiger partial charge is 0.233 e. The molecule has 5 N–H and O–H groups in total. The average molecular weight is 757 g/mol. The van der Waals surface area contributed by atoms with Gasteiger partial charge in [-0.2, -0.15) is 15.0 Å². The van der Waals surface area contributed by atoms with Crippen molar-refractivity contribution in [3.05, 3.63) is 29.8 Å². The lowest BCUT2D eigenvalue weighted by atomic mass is 10.0. The first kappa shape index (κ1) is 42.4. The van der Waals surface area contributed by atoms with Crippen molar-refractivity contribution in [2.75, 3.05) is 180 Å². The van der Waals surface area contributed by atoms with Crippen molar-refractivity contribution in [1.82, 2.24) is 44.4 Å². The third-order valence-electron chi connectivity index (χ3n) is 11.1. The summed E-state index contributed by atoms with van der Waals surface area (Å²) in [5.74, 6) is 1.97. The van der Waals surface area contributed by atoms with Crippen LogP contribution >= 0.6 is 0 Å². The van der Waals surface area contributed by atoms with Crippen molar-refractivity contribution < 1.29 is 20.4 Å². The van der Waals surface area contributed by atoms with E-state index in [9.17, 15) is 20.4 Å². The first-order valence-electron chi connectivity index (χ1n) is 20.2. The highest BCUT2D eigenvalue weighted by molar-refractivity contribution is 5.57. The molecule has 3 aliphatic rings. The molecule has 1 unspecified atom stereocenters. The minimum absolute atomic E-state index is 0.0949. The fourth-order valence-electron chi connectivity index (χ4n) is 7.63. The summed E-state index contributed by atoms with van der Waals surface area (Å²) in [6.07, 6.45) is 2.69. The van der Waals surface area contributed by atoms with Crippen LogP contribution in [0.5, 0.6) is 0 Å². The lowest BCUT2D eigenvalue weighted by Crippen LogP contribution is -2.51. The van der Waals surface area contributed by atoms with Crippen molar-refractivity contribution >= 4 is 23.5 Å². The SMILES string of the molecule is CN1CCN(c2nc(Nc3ccc(CC4CN(C)CCN(CCO)CCN(CCO)CCN4CCO)cc3)nc(N3CCN(CCCCO)CC3)n2)CC1. The number of aromatic nitrogens is 3. The van der Waals surface area contributed by atoms with Crippen LogP contribution in [0, 0.1) is 0 Å². The Morgan fingerprint density at radius 3 is 1.67 bits per heavy atom. The molecule has 304 valence electrons. The van der Waals surface area contributed by atoms with Crippen molar-refractivity contribution in [2.24, 2.45) is 0 Å². The van der Waals surface area contributed by atoms with Crippen molar-refractivity contribution in [3.8, 4) is 0 Å². The van der Waals surface area contributed by atoms with Gasteiger partial charge in [-0.1, -0.05) is 12.1 Å². The van der Waals surface area contributed by atoms with E-state index in [0.717, 1.165) is 130 Å². The van der Waals surface area contributed by atoms with E-state index in [1.165, 1.54) is 5.56 Å². The Balaban J connectivity index is 1.29. The molecule has 3 aliphatic heterocycles. The Kier molecular flexibility index (Phi) is 17.8. The number of nitrogens with one attached hydrogen (secondary N) is 1. The van der Waals surface area contributed by atoms with Crippen molar-refractivity contribution in [3.63, 3.8) is 0 Å². The van der Waals surface area contributed by atoms with E-state index in [4.69, 9.17) is 15.0 Å². The number of nitrogens with zero attached hydrogens (tertiary/aromatic N) is 11. The maximum Gasteiger partial charge on any atom is 0.233 e. The summed E-state index contributed by atoms with van der Waals surface area (Å²) in [5, 5.41) is 42.2. The Morgan fingerprint density at radius 1 is 0.556 bits per heavy atom. The molecule has 0 aliphatic carbocycles. The Hall–Kier alpha value is -2.77. The number of benzene rings is 1. The van der Waals surface area contributed by atoms with E-state index in [0.29, 0.717) is 37.5 Å². The van der Waals surface area contributed by atoms with Crippen LogP contribution in [0.15, 0.2) is 24.3 Å². The van der Waals surface area contributed by atoms with E-state index >= 15 is 0 Å². The summed E-state index contributed by atoms with van der Waals surface area (Å²) in [6.45, 7) is 16.6. The number of β-amino-alcohol motifs (C(OH)–C–C–N with tert-alkyl or cyclic N) is 3. The molecule has 16 nitrogen and oxygen atoms in total. The summed E-state index contributed by atoms with van der Waals surface area (Å²) >= 11 is 0. The average Bonchev–Trinajstić information content (AvgIpc) is 3.18. The molecule has 3 saturated heterocycles. The molecular formula is C38H68N12O4. The molecule has 0 radical (unpaired) electrons. The normalized spacial score (nSPS) is 21.6. The number of anilines is 4. The highest BCUT2D eigenvalue weighted by Crippen LogP contribution is 2.23. The number of piperazine rings is 2. The molecule has 1 atom stereocenters. The second kappa shape index (κ2) is 22.7. The molecular weight excluding hydrogens is 688 g/mol. The number of hydrogen-bond donors (Lipinski definition) is 5. The van der Waals surface area contributed by atoms with E-state index in [2.05, 4.69) is 82.9 Å². The molecule has 0 spiro atoms. The van der Waals surface area contributed by atoms with Crippen molar-refractivity contribution in [2.45, 2.75) is 25.3 Å². The van der Waals surface area contributed by atoms with Crippen LogP contribution in [0.4, 0.5) is 23.5 Å². The van der Waals surface area contributed by atoms with Gasteiger partial charge in [0.25, 0.3) is 0 Å². The zero-order chi connectivity index (χ0) is 38.1. The number of unbranched alkanes of at least 4 members (excludes halogenated alkanes) is 1. The van der Waals surface area contributed by atoms with Crippen LogP contribution < -0.4 is 15.1 Å². The molecule has 3 fully saturated rings. The number of hydrogen-bond acceptors (Lipinski definition) is 16. The largest absolute Gasteiger partial charge is 0.396 e. The van der Waals surface area contributed by atoms with Gasteiger partial charge < -0.3 is 45.3 Å². The molecule has 0 bridgehead atoms. The maximum absolute atomic E-state index is 10.1. The van der Waals surface area contributed by atoms with Gasteiger partial charge in [0.15, 0.2) is 0 Å². The van der Waals surface area contributed by atoms with Gasteiger partial charge in [0.1, 0.15) is 0 Å². The zero-order valence-corrected chi connectivity index (χ0v) is 33.0. The second-order valence-corrected chi connectivity index (χ2v) is 15.1. The molecule has 2 aromatic rings. The van der Waals surface area contributed by atoms with Gasteiger partial charge in [-0.05, 0) is 57.6 Å². The topological polar surface area (TPSA) is 158 Å². The fraction of sp³-hybridized carbons (Fsp3) is 0.763. The summed E-state index contributed by atoms with van der Waals surface area (Å²) < 4.78 is 0. The van der Waals surface area contributed by atoms with E-state index in [1.807, 2.05) is 0 Å². The van der Waals surface area contributed by atoms with Gasteiger partial charge in [-0.15, -0.1) is 0 Å². The lowest BCUT2D eigenvalue weighted by Gasteiger charge is -2.37. The summed E-state index contributed by atoms with van der Waals surface area (Å²) in [6, 6.07) is 8.75. The standard InChI is InChI=1S/C38H68N12O4/c1-43-11-19-49(20-12-43)37-40-36(41-38(42-37)50-22-17-45(18-23-50)9-3-4-27-51)39-34-7-5-33(6-8-34)31-35-32-44(2)10-13-46(24-28-52)14-15-47(25-29-53)16-21-48(35)26-30-54/h5-8,35,51-54H,3-4,9-32H2,1-2H3,(H,39,40,41,42). The van der Waals surface area contributed by atoms with Crippen LogP contribution in [0.2, 0.25) is 0 Å². The zero-order valence-electron chi connectivity index (χ0n) is 33.0. The van der Waals surface area contributed by atoms with Gasteiger partial charge >= 0.3 is 0 Å². The van der Waals surface area contributed by atoms with Crippen LogP contribution in [0.1, 0.15) is 18.4 Å². The Morgan fingerprint density at radius 2 is 1.07 bits per heavy atom. The highest BCUT2D eigenvalue weighted by atomic mass is 16.3. The quantitative estimate of drug-likeness (QED) is 0.133. The van der Waals surface area contributed by atoms with Gasteiger partial charge in [0.2, 0.25) is 17.8 Å². The molecule has 4 heterocycles. The first-order chi connectivity index (χ1) is 26.4.